The van der Waals surface area contributed by atoms with E-state index in [0.717, 1.165) is 31.3 Å². The molecule has 0 bridgehead atoms. The summed E-state index contributed by atoms with van der Waals surface area (Å²) in [6.45, 7) is 3.66. The smallest absolute Gasteiger partial charge is 0.100 e. The fraction of sp³-hybridized carbons (Fsp3) is 0.800. The predicted molar refractivity (Wildman–Crippen MR) is 57.3 cm³/mol. The first-order chi connectivity index (χ1) is 6.16. The highest BCUT2D eigenvalue weighted by Crippen LogP contribution is 2.56. The number of hydrogen-bond donors (Lipinski definition) is 1. The van der Waals surface area contributed by atoms with Crippen LogP contribution in [0.1, 0.15) is 25.7 Å². The van der Waals surface area contributed by atoms with Gasteiger partial charge < -0.3 is 4.89 Å². The molecular formula is C10H19FOP. The molecule has 13 heavy (non-hydrogen) atoms. The van der Waals surface area contributed by atoms with Crippen molar-refractivity contribution in [3.63, 3.8) is 0 Å². The summed E-state index contributed by atoms with van der Waals surface area (Å²) in [5.41, 5.74) is 0. The van der Waals surface area contributed by atoms with Gasteiger partial charge in [-0.2, -0.15) is 0 Å². The van der Waals surface area contributed by atoms with Crippen molar-refractivity contribution in [1.82, 2.24) is 0 Å². The monoisotopic (exact) mass is 205 g/mol. The lowest BCUT2D eigenvalue weighted by Gasteiger charge is -2.31. The van der Waals surface area contributed by atoms with Crippen LogP contribution in [-0.4, -0.2) is 29.6 Å². The Kier molecular flexibility index (Phi) is 4.34. The highest BCUT2D eigenvalue weighted by Gasteiger charge is 2.25. The van der Waals surface area contributed by atoms with Crippen LogP contribution in [0.15, 0.2) is 12.7 Å². The molecule has 1 aliphatic heterocycles. The van der Waals surface area contributed by atoms with E-state index in [0.29, 0.717) is 12.8 Å². The molecule has 0 aromatic heterocycles. The molecule has 1 aliphatic rings. The van der Waals surface area contributed by atoms with E-state index in [4.69, 9.17) is 0 Å². The molecule has 1 saturated heterocycles. The molecule has 1 nitrogen and oxygen atoms in total. The lowest BCUT2D eigenvalue weighted by atomic mass is 10.1. The molecule has 0 atom stereocenters. The summed E-state index contributed by atoms with van der Waals surface area (Å²) in [6, 6.07) is 0. The minimum atomic E-state index is -1.75. The normalized spacial score (nSPS) is 36.3. The van der Waals surface area contributed by atoms with Crippen LogP contribution in [0, 0.1) is 0 Å². The standard InChI is InChI=1S/C10H19FOP/c1-2-7-13(12)8-3-5-10(11)6-4-9-13/h2,10,12H,1,3-9H2. The van der Waals surface area contributed by atoms with E-state index in [2.05, 4.69) is 6.58 Å². The molecule has 1 fully saturated rings. The lowest BCUT2D eigenvalue weighted by Crippen LogP contribution is -2.13. The fourth-order valence-electron chi connectivity index (χ4n) is 1.89. The average Bonchev–Trinajstić information content (AvgIpc) is 2.02. The summed E-state index contributed by atoms with van der Waals surface area (Å²) in [6.07, 6.45) is 6.57. The summed E-state index contributed by atoms with van der Waals surface area (Å²) >= 11 is 0. The third-order valence-corrected chi connectivity index (χ3v) is 5.89. The first kappa shape index (κ1) is 11.1. The highest BCUT2D eigenvalue weighted by molar-refractivity contribution is 7.70. The van der Waals surface area contributed by atoms with Gasteiger partial charge in [0.25, 0.3) is 0 Å². The van der Waals surface area contributed by atoms with Crippen LogP contribution >= 0.6 is 7.49 Å². The Balaban J connectivity index is 2.43. The van der Waals surface area contributed by atoms with Gasteiger partial charge in [0.2, 0.25) is 0 Å². The van der Waals surface area contributed by atoms with E-state index < -0.39 is 13.7 Å². The molecule has 77 valence electrons. The second-order valence-corrected chi connectivity index (χ2v) is 7.35. The van der Waals surface area contributed by atoms with Gasteiger partial charge >= 0.3 is 0 Å². The van der Waals surface area contributed by atoms with Crippen LogP contribution in [0.2, 0.25) is 0 Å². The zero-order valence-corrected chi connectivity index (χ0v) is 8.98. The maximum Gasteiger partial charge on any atom is 0.100 e. The third-order valence-electron chi connectivity index (χ3n) is 2.65. The molecule has 1 rings (SSSR count). The fourth-order valence-corrected chi connectivity index (χ4v) is 4.51. The van der Waals surface area contributed by atoms with Crippen molar-refractivity contribution < 1.29 is 9.28 Å². The first-order valence-electron chi connectivity index (χ1n) is 5.00. The molecule has 1 N–H and O–H groups in total. The van der Waals surface area contributed by atoms with Crippen LogP contribution in [0.5, 0.6) is 0 Å². The van der Waals surface area contributed by atoms with Crippen LogP contribution in [0.4, 0.5) is 4.39 Å². The van der Waals surface area contributed by atoms with Crippen LogP contribution in [0.25, 0.3) is 0 Å². The Labute approximate surface area is 80.5 Å². The predicted octanol–water partition coefficient (Wildman–Crippen LogP) is 3.01. The molecule has 0 aromatic carbocycles. The lowest BCUT2D eigenvalue weighted by molar-refractivity contribution is 0.289. The van der Waals surface area contributed by atoms with E-state index in [9.17, 15) is 9.28 Å². The first-order valence-corrected chi connectivity index (χ1v) is 7.30. The van der Waals surface area contributed by atoms with E-state index in [1.165, 1.54) is 0 Å². The molecule has 0 aliphatic carbocycles. The summed E-state index contributed by atoms with van der Waals surface area (Å²) in [7, 11) is -1.75. The second kappa shape index (κ2) is 5.07. The second-order valence-electron chi connectivity index (χ2n) is 3.90. The van der Waals surface area contributed by atoms with Crippen molar-refractivity contribution in [2.24, 2.45) is 0 Å². The van der Waals surface area contributed by atoms with Crippen molar-refractivity contribution in [2.45, 2.75) is 31.9 Å². The summed E-state index contributed by atoms with van der Waals surface area (Å²) < 4.78 is 13.0. The van der Waals surface area contributed by atoms with Gasteiger partial charge in [-0.3, -0.25) is 0 Å². The number of rotatable bonds is 2. The van der Waals surface area contributed by atoms with Crippen molar-refractivity contribution in [3.8, 4) is 0 Å². The van der Waals surface area contributed by atoms with Gasteiger partial charge in [0.15, 0.2) is 0 Å². The quantitative estimate of drug-likeness (QED) is 0.542. The number of hydrogen-bond acceptors (Lipinski definition) is 1. The van der Waals surface area contributed by atoms with E-state index in [-0.39, 0.29) is 0 Å². The highest BCUT2D eigenvalue weighted by atomic mass is 31.2. The Bertz CT molecular complexity index is 162. The molecule has 1 heterocycles. The van der Waals surface area contributed by atoms with E-state index in [1.54, 1.807) is 0 Å². The van der Waals surface area contributed by atoms with Crippen molar-refractivity contribution in [1.29, 1.82) is 0 Å². The van der Waals surface area contributed by atoms with Crippen molar-refractivity contribution >= 4 is 7.49 Å². The van der Waals surface area contributed by atoms with E-state index >= 15 is 0 Å². The Hall–Kier alpha value is 0.0600. The Morgan fingerprint density at radius 1 is 1.38 bits per heavy atom. The van der Waals surface area contributed by atoms with Gasteiger partial charge in [0.05, 0.1) is 0 Å². The molecule has 0 amide bonds. The minimum absolute atomic E-state index is 0.627. The molecule has 0 unspecified atom stereocenters. The Morgan fingerprint density at radius 2 is 1.92 bits per heavy atom. The van der Waals surface area contributed by atoms with Crippen molar-refractivity contribution in [3.05, 3.63) is 12.7 Å². The number of halogens is 1. The van der Waals surface area contributed by atoms with Gasteiger partial charge in [-0.25, -0.2) is 4.39 Å². The maximum absolute atomic E-state index is 13.0. The molecule has 3 heteroatoms. The minimum Gasteiger partial charge on any atom is -0.380 e. The van der Waals surface area contributed by atoms with Gasteiger partial charge in [-0.05, 0) is 45.5 Å². The van der Waals surface area contributed by atoms with Crippen molar-refractivity contribution in [2.75, 3.05) is 18.5 Å². The molecule has 0 spiro atoms. The van der Waals surface area contributed by atoms with Crippen LogP contribution in [0.3, 0.4) is 0 Å². The largest absolute Gasteiger partial charge is 0.380 e. The molecular weight excluding hydrogens is 186 g/mol. The number of allylic oxidation sites excluding steroid dienone is 1. The topological polar surface area (TPSA) is 20.2 Å². The zero-order chi connectivity index (χ0) is 9.73. The van der Waals surface area contributed by atoms with Gasteiger partial charge in [0, 0.05) is 6.16 Å². The molecule has 0 saturated carbocycles. The van der Waals surface area contributed by atoms with Gasteiger partial charge in [0.1, 0.15) is 6.17 Å². The van der Waals surface area contributed by atoms with E-state index in [1.807, 2.05) is 6.08 Å². The zero-order valence-electron chi connectivity index (χ0n) is 8.08. The summed E-state index contributed by atoms with van der Waals surface area (Å²) in [4.78, 5) is 10.2. The summed E-state index contributed by atoms with van der Waals surface area (Å²) in [5.74, 6) is 0. The van der Waals surface area contributed by atoms with Crippen LogP contribution < -0.4 is 0 Å². The van der Waals surface area contributed by atoms with Gasteiger partial charge in [-0.1, -0.05) is 6.08 Å². The summed E-state index contributed by atoms with van der Waals surface area (Å²) in [5, 5.41) is 0. The van der Waals surface area contributed by atoms with Gasteiger partial charge in [-0.15, -0.1) is 6.58 Å². The third kappa shape index (κ3) is 3.74. The maximum atomic E-state index is 13.0. The SMILES string of the molecule is C=CC[P]1(O)CCCC(F)CCC1. The average molecular weight is 205 g/mol. The number of alkyl halides is 1. The molecule has 0 aromatic rings. The van der Waals surface area contributed by atoms with Crippen LogP contribution in [-0.2, 0) is 0 Å². The molecule has 1 radical (unpaired) electrons. The Morgan fingerprint density at radius 3 is 2.38 bits per heavy atom.